The van der Waals surface area contributed by atoms with Crippen LogP contribution in [-0.2, 0) is 19.4 Å². The van der Waals surface area contributed by atoms with Crippen molar-refractivity contribution < 1.29 is 21.9 Å². The van der Waals surface area contributed by atoms with Gasteiger partial charge in [-0.2, -0.15) is 8.42 Å². The molecular formula is C9H19NO5S. The Kier molecular flexibility index (Phi) is 10.2. The molecule has 7 heteroatoms. The number of amides is 1. The van der Waals surface area contributed by atoms with Gasteiger partial charge >= 0.3 is 10.4 Å². The molecule has 0 saturated heterocycles. The summed E-state index contributed by atoms with van der Waals surface area (Å²) in [4.78, 5) is 10.4. The van der Waals surface area contributed by atoms with E-state index in [1.165, 1.54) is 0 Å². The second-order valence-corrected chi connectivity index (χ2v) is 4.18. The molecule has 0 aromatic heterocycles. The highest BCUT2D eigenvalue weighted by Crippen LogP contribution is 1.99. The van der Waals surface area contributed by atoms with Crippen molar-refractivity contribution in [3.8, 4) is 0 Å². The first-order valence-corrected chi connectivity index (χ1v) is 6.10. The molecule has 0 rings (SSSR count). The first-order chi connectivity index (χ1) is 7.24. The monoisotopic (exact) mass is 253 g/mol. The van der Waals surface area contributed by atoms with Crippen LogP contribution in [0.4, 0.5) is 0 Å². The van der Waals surface area contributed by atoms with Crippen molar-refractivity contribution in [1.29, 1.82) is 0 Å². The maximum Gasteiger partial charge on any atom is 0.397 e. The third-order valence-electron chi connectivity index (χ3n) is 1.61. The molecule has 6 nitrogen and oxygen atoms in total. The van der Waals surface area contributed by atoms with Gasteiger partial charge in [0.15, 0.2) is 0 Å². The van der Waals surface area contributed by atoms with Crippen molar-refractivity contribution in [1.82, 2.24) is 0 Å². The number of allylic oxidation sites excluding steroid dienone is 1. The summed E-state index contributed by atoms with van der Waals surface area (Å²) in [6, 6.07) is 0. The highest BCUT2D eigenvalue weighted by Gasteiger charge is 1.94. The van der Waals surface area contributed by atoms with Crippen LogP contribution in [0, 0.1) is 0 Å². The maximum atomic E-state index is 10.4. The Morgan fingerprint density at radius 3 is 2.19 bits per heavy atom. The molecule has 0 radical (unpaired) electrons. The normalized spacial score (nSPS) is 11.6. The number of primary amides is 1. The van der Waals surface area contributed by atoms with Gasteiger partial charge in [-0.05, 0) is 13.3 Å². The van der Waals surface area contributed by atoms with Gasteiger partial charge in [-0.3, -0.25) is 13.5 Å². The highest BCUT2D eigenvalue weighted by atomic mass is 32.3. The number of nitrogens with two attached hydrogens (primary N) is 1. The highest BCUT2D eigenvalue weighted by molar-refractivity contribution is 7.80. The van der Waals surface area contributed by atoms with E-state index in [0.717, 1.165) is 26.4 Å². The summed E-state index contributed by atoms with van der Waals surface area (Å²) in [5.74, 6) is -0.309. The topological polar surface area (TPSA) is 107 Å². The minimum atomic E-state index is -4.16. The molecule has 0 atom stereocenters. The van der Waals surface area contributed by atoms with Crippen LogP contribution in [0.25, 0.3) is 0 Å². The van der Waals surface area contributed by atoms with E-state index in [-0.39, 0.29) is 5.91 Å². The average Bonchev–Trinajstić information content (AvgIpc) is 2.17. The Balaban J connectivity index is 0. The van der Waals surface area contributed by atoms with Crippen LogP contribution in [0.3, 0.4) is 0 Å². The molecule has 1 amide bonds. The molecule has 0 aliphatic rings. The summed E-state index contributed by atoms with van der Waals surface area (Å²) < 4.78 is 29.7. The predicted molar refractivity (Wildman–Crippen MR) is 61.0 cm³/mol. The lowest BCUT2D eigenvalue weighted by molar-refractivity contribution is -0.114. The fraction of sp³-hybridized carbons (Fsp3) is 0.667. The summed E-state index contributed by atoms with van der Waals surface area (Å²) in [6.07, 6.45) is 5.14. The molecule has 96 valence electrons. The van der Waals surface area contributed by atoms with Gasteiger partial charge in [0.2, 0.25) is 5.91 Å². The second-order valence-electron chi connectivity index (χ2n) is 2.99. The number of unbranched alkanes of at least 4 members (excludes halogenated alkanes) is 2. The van der Waals surface area contributed by atoms with E-state index >= 15 is 0 Å². The van der Waals surface area contributed by atoms with Crippen molar-refractivity contribution in [2.45, 2.75) is 33.1 Å². The zero-order valence-electron chi connectivity index (χ0n) is 9.76. The molecule has 3 N–H and O–H groups in total. The van der Waals surface area contributed by atoms with E-state index in [0.29, 0.717) is 5.57 Å². The van der Waals surface area contributed by atoms with E-state index in [1.54, 1.807) is 6.92 Å². The van der Waals surface area contributed by atoms with Gasteiger partial charge in [-0.15, -0.1) is 0 Å². The largest absolute Gasteiger partial charge is 0.397 e. The standard InChI is InChI=1S/C8H15NO.CH4O4S/c1-3-4-5-6-7(2)8(9)10;1-5-6(2,3)4/h6H,3-5H2,1-2H3,(H2,9,10);1H3,(H,2,3,4). The minimum absolute atomic E-state index is 0.309. The Morgan fingerprint density at radius 2 is 1.94 bits per heavy atom. The minimum Gasteiger partial charge on any atom is -0.366 e. The quantitative estimate of drug-likeness (QED) is 0.432. The van der Waals surface area contributed by atoms with Crippen LogP contribution in [0.15, 0.2) is 11.6 Å². The predicted octanol–water partition coefficient (Wildman–Crippen LogP) is 1.04. The molecule has 0 fully saturated rings. The number of carbonyl (C=O) groups excluding carboxylic acids is 1. The molecule has 0 unspecified atom stereocenters. The van der Waals surface area contributed by atoms with Gasteiger partial charge in [-0.25, -0.2) is 0 Å². The number of hydrogen-bond acceptors (Lipinski definition) is 4. The smallest absolute Gasteiger partial charge is 0.366 e. The Hall–Kier alpha value is -0.920. The van der Waals surface area contributed by atoms with E-state index in [4.69, 9.17) is 10.3 Å². The first-order valence-electron chi connectivity index (χ1n) is 4.74. The second kappa shape index (κ2) is 9.32. The maximum absolute atomic E-state index is 10.4. The molecular weight excluding hydrogens is 234 g/mol. The summed E-state index contributed by atoms with van der Waals surface area (Å²) in [7, 11) is -3.29. The van der Waals surface area contributed by atoms with Crippen molar-refractivity contribution in [2.75, 3.05) is 7.11 Å². The number of rotatable bonds is 5. The fourth-order valence-corrected chi connectivity index (χ4v) is 0.623. The van der Waals surface area contributed by atoms with E-state index < -0.39 is 10.4 Å². The van der Waals surface area contributed by atoms with E-state index in [2.05, 4.69) is 11.1 Å². The van der Waals surface area contributed by atoms with Crippen molar-refractivity contribution in [3.63, 3.8) is 0 Å². The molecule has 0 heterocycles. The fourth-order valence-electron chi connectivity index (χ4n) is 0.623. The third-order valence-corrected chi connectivity index (χ3v) is 2.03. The van der Waals surface area contributed by atoms with E-state index in [1.807, 2.05) is 6.08 Å². The summed E-state index contributed by atoms with van der Waals surface area (Å²) in [5.41, 5.74) is 5.69. The number of carbonyl (C=O) groups is 1. The van der Waals surface area contributed by atoms with Crippen LogP contribution < -0.4 is 5.73 Å². The van der Waals surface area contributed by atoms with Crippen LogP contribution in [0.2, 0.25) is 0 Å². The Morgan fingerprint density at radius 1 is 1.50 bits per heavy atom. The van der Waals surface area contributed by atoms with Gasteiger partial charge in [0, 0.05) is 5.57 Å². The zero-order valence-corrected chi connectivity index (χ0v) is 10.6. The van der Waals surface area contributed by atoms with Gasteiger partial charge in [-0.1, -0.05) is 25.8 Å². The molecule has 0 spiro atoms. The zero-order chi connectivity index (χ0) is 13.2. The van der Waals surface area contributed by atoms with Gasteiger partial charge < -0.3 is 5.73 Å². The van der Waals surface area contributed by atoms with Gasteiger partial charge in [0.25, 0.3) is 0 Å². The van der Waals surface area contributed by atoms with Crippen LogP contribution >= 0.6 is 0 Å². The SMILES string of the molecule is CCCCC=C(C)C(N)=O.COS(=O)(=O)O. The first kappa shape index (κ1) is 17.5. The summed E-state index contributed by atoms with van der Waals surface area (Å²) >= 11 is 0. The number of hydrogen-bond donors (Lipinski definition) is 2. The molecule has 0 aromatic rings. The van der Waals surface area contributed by atoms with Crippen LogP contribution in [0.5, 0.6) is 0 Å². The van der Waals surface area contributed by atoms with Crippen molar-refractivity contribution in [2.24, 2.45) is 5.73 Å². The van der Waals surface area contributed by atoms with Gasteiger partial charge in [0.1, 0.15) is 0 Å². The molecule has 0 aliphatic carbocycles. The summed E-state index contributed by atoms with van der Waals surface area (Å²) in [6.45, 7) is 3.87. The van der Waals surface area contributed by atoms with Crippen molar-refractivity contribution in [3.05, 3.63) is 11.6 Å². The van der Waals surface area contributed by atoms with Crippen molar-refractivity contribution >= 4 is 16.3 Å². The Bertz CT molecular complexity index is 321. The lowest BCUT2D eigenvalue weighted by atomic mass is 10.2. The van der Waals surface area contributed by atoms with Crippen LogP contribution in [0.1, 0.15) is 33.1 Å². The summed E-state index contributed by atoms with van der Waals surface area (Å²) in [5, 5.41) is 0. The third kappa shape index (κ3) is 15.5. The molecule has 0 bridgehead atoms. The van der Waals surface area contributed by atoms with E-state index in [9.17, 15) is 13.2 Å². The molecule has 0 aromatic carbocycles. The lowest BCUT2D eigenvalue weighted by Gasteiger charge is -1.92. The van der Waals surface area contributed by atoms with Gasteiger partial charge in [0.05, 0.1) is 7.11 Å². The molecule has 0 aliphatic heterocycles. The Labute approximate surface area is 96.4 Å². The average molecular weight is 253 g/mol. The molecule has 16 heavy (non-hydrogen) atoms. The lowest BCUT2D eigenvalue weighted by Crippen LogP contribution is -2.11. The van der Waals surface area contributed by atoms with Crippen LogP contribution in [-0.4, -0.2) is 26.0 Å². The molecule has 0 saturated carbocycles.